The van der Waals surface area contributed by atoms with Gasteiger partial charge in [0.25, 0.3) is 0 Å². The van der Waals surface area contributed by atoms with Gasteiger partial charge in [-0.15, -0.1) is 0 Å². The lowest BCUT2D eigenvalue weighted by molar-refractivity contribution is 0.388. The molecule has 5 heteroatoms. The molecule has 0 atom stereocenters. The molecule has 2 aliphatic rings. The number of anilines is 1. The fraction of sp³-hybridized carbons (Fsp3) is 0.571. The topological polar surface area (TPSA) is 63.4 Å². The molecule has 0 spiro atoms. The van der Waals surface area contributed by atoms with E-state index in [0.29, 0.717) is 23.0 Å². The standard InChI is InChI=1S/C14H20N2O2S/c1-10-2-5-12(15)8-14(10)19(17,18)16(13-6-7-13)9-11-3-4-11/h2,5,8,11,13H,3-4,6-7,9,15H2,1H3. The van der Waals surface area contributed by atoms with Crippen molar-refractivity contribution in [2.75, 3.05) is 12.3 Å². The minimum Gasteiger partial charge on any atom is -0.399 e. The molecule has 0 saturated heterocycles. The predicted molar refractivity (Wildman–Crippen MR) is 75.2 cm³/mol. The molecule has 2 saturated carbocycles. The minimum absolute atomic E-state index is 0.214. The van der Waals surface area contributed by atoms with Gasteiger partial charge >= 0.3 is 0 Å². The third-order valence-electron chi connectivity index (χ3n) is 3.89. The molecule has 0 radical (unpaired) electrons. The van der Waals surface area contributed by atoms with E-state index in [0.717, 1.165) is 31.2 Å². The zero-order chi connectivity index (χ0) is 13.6. The van der Waals surface area contributed by atoms with Gasteiger partial charge in [0.1, 0.15) is 0 Å². The Bertz CT molecular complexity index is 589. The summed E-state index contributed by atoms with van der Waals surface area (Å²) in [6.07, 6.45) is 4.31. The molecule has 19 heavy (non-hydrogen) atoms. The summed E-state index contributed by atoms with van der Waals surface area (Å²) >= 11 is 0. The quantitative estimate of drug-likeness (QED) is 0.840. The fourth-order valence-corrected chi connectivity index (χ4v) is 4.40. The fourth-order valence-electron chi connectivity index (χ4n) is 2.38. The van der Waals surface area contributed by atoms with Crippen LogP contribution in [0.4, 0.5) is 5.69 Å². The molecule has 4 nitrogen and oxygen atoms in total. The van der Waals surface area contributed by atoms with Crippen molar-refractivity contribution in [2.45, 2.75) is 43.5 Å². The molecule has 0 unspecified atom stereocenters. The van der Waals surface area contributed by atoms with Gasteiger partial charge in [-0.05, 0) is 56.2 Å². The smallest absolute Gasteiger partial charge is 0.243 e. The van der Waals surface area contributed by atoms with E-state index >= 15 is 0 Å². The maximum atomic E-state index is 12.8. The van der Waals surface area contributed by atoms with Crippen molar-refractivity contribution in [3.63, 3.8) is 0 Å². The average molecular weight is 280 g/mol. The number of nitrogens with two attached hydrogens (primary N) is 1. The van der Waals surface area contributed by atoms with Gasteiger partial charge in [-0.2, -0.15) is 4.31 Å². The Morgan fingerprint density at radius 2 is 1.95 bits per heavy atom. The summed E-state index contributed by atoms with van der Waals surface area (Å²) in [7, 11) is -3.39. The molecule has 0 amide bonds. The monoisotopic (exact) mass is 280 g/mol. The molecule has 2 fully saturated rings. The van der Waals surface area contributed by atoms with E-state index in [2.05, 4.69) is 0 Å². The number of hydrogen-bond acceptors (Lipinski definition) is 3. The Hall–Kier alpha value is -1.07. The van der Waals surface area contributed by atoms with Gasteiger partial charge in [-0.25, -0.2) is 8.42 Å². The second-order valence-corrected chi connectivity index (χ2v) is 7.63. The first-order valence-electron chi connectivity index (χ1n) is 6.86. The summed E-state index contributed by atoms with van der Waals surface area (Å²) in [6.45, 7) is 2.51. The Kier molecular flexibility index (Phi) is 3.06. The van der Waals surface area contributed by atoms with Gasteiger partial charge in [0, 0.05) is 18.3 Å². The molecular weight excluding hydrogens is 260 g/mol. The normalized spacial score (nSPS) is 19.9. The van der Waals surface area contributed by atoms with Crippen molar-refractivity contribution in [3.05, 3.63) is 23.8 Å². The van der Waals surface area contributed by atoms with E-state index in [1.807, 2.05) is 6.92 Å². The van der Waals surface area contributed by atoms with Crippen molar-refractivity contribution in [1.29, 1.82) is 0 Å². The van der Waals surface area contributed by atoms with Crippen molar-refractivity contribution in [3.8, 4) is 0 Å². The molecular formula is C14H20N2O2S. The second-order valence-electron chi connectivity index (χ2n) is 5.77. The van der Waals surface area contributed by atoms with Gasteiger partial charge in [0.15, 0.2) is 0 Å². The van der Waals surface area contributed by atoms with Crippen molar-refractivity contribution in [2.24, 2.45) is 5.92 Å². The lowest BCUT2D eigenvalue weighted by Crippen LogP contribution is -2.35. The number of nitrogens with zero attached hydrogens (tertiary/aromatic N) is 1. The molecule has 0 bridgehead atoms. The summed E-state index contributed by atoms with van der Waals surface area (Å²) in [6, 6.07) is 5.33. The van der Waals surface area contributed by atoms with E-state index in [1.165, 1.54) is 0 Å². The van der Waals surface area contributed by atoms with Crippen LogP contribution in [0.15, 0.2) is 23.1 Å². The largest absolute Gasteiger partial charge is 0.399 e. The number of sulfonamides is 1. The highest BCUT2D eigenvalue weighted by atomic mass is 32.2. The van der Waals surface area contributed by atoms with E-state index in [1.54, 1.807) is 22.5 Å². The third kappa shape index (κ3) is 2.62. The van der Waals surface area contributed by atoms with Crippen LogP contribution in [0.5, 0.6) is 0 Å². The molecule has 2 N–H and O–H groups in total. The van der Waals surface area contributed by atoms with E-state index in [9.17, 15) is 8.42 Å². The van der Waals surface area contributed by atoms with Gasteiger partial charge in [-0.1, -0.05) is 6.07 Å². The number of benzene rings is 1. The van der Waals surface area contributed by atoms with Crippen LogP contribution in [0.25, 0.3) is 0 Å². The second kappa shape index (κ2) is 4.49. The maximum Gasteiger partial charge on any atom is 0.243 e. The molecule has 2 aliphatic carbocycles. The highest BCUT2D eigenvalue weighted by Gasteiger charge is 2.41. The molecule has 0 heterocycles. The van der Waals surface area contributed by atoms with Crippen LogP contribution in [0.1, 0.15) is 31.2 Å². The zero-order valence-corrected chi connectivity index (χ0v) is 12.0. The minimum atomic E-state index is -3.39. The highest BCUT2D eigenvalue weighted by molar-refractivity contribution is 7.89. The average Bonchev–Trinajstić information content (AvgIpc) is 3.22. The number of nitrogen functional groups attached to an aromatic ring is 1. The lowest BCUT2D eigenvalue weighted by Gasteiger charge is -2.23. The summed E-state index contributed by atoms with van der Waals surface area (Å²) < 4.78 is 27.4. The van der Waals surface area contributed by atoms with Crippen molar-refractivity contribution < 1.29 is 8.42 Å². The predicted octanol–water partition coefficient (Wildman–Crippen LogP) is 2.14. The molecule has 3 rings (SSSR count). The first-order valence-corrected chi connectivity index (χ1v) is 8.30. The lowest BCUT2D eigenvalue weighted by atomic mass is 10.2. The molecule has 1 aromatic rings. The first kappa shape index (κ1) is 12.9. The SMILES string of the molecule is Cc1ccc(N)cc1S(=O)(=O)N(CC1CC1)C1CC1. The van der Waals surface area contributed by atoms with Crippen molar-refractivity contribution >= 4 is 15.7 Å². The Morgan fingerprint density at radius 3 is 2.53 bits per heavy atom. The Balaban J connectivity index is 1.96. The Labute approximate surface area is 114 Å². The van der Waals surface area contributed by atoms with E-state index in [4.69, 9.17) is 5.73 Å². The van der Waals surface area contributed by atoms with Crippen LogP contribution in [0.3, 0.4) is 0 Å². The molecule has 0 aromatic heterocycles. The molecule has 0 aliphatic heterocycles. The number of hydrogen-bond donors (Lipinski definition) is 1. The maximum absolute atomic E-state index is 12.8. The first-order chi connectivity index (χ1) is 8.98. The molecule has 1 aromatic carbocycles. The van der Waals surface area contributed by atoms with E-state index in [-0.39, 0.29) is 6.04 Å². The van der Waals surface area contributed by atoms with Gasteiger partial charge in [0.05, 0.1) is 4.90 Å². The van der Waals surface area contributed by atoms with Gasteiger partial charge in [0.2, 0.25) is 10.0 Å². The summed E-state index contributed by atoms with van der Waals surface area (Å²) in [5, 5.41) is 0. The van der Waals surface area contributed by atoms with Crippen LogP contribution in [0, 0.1) is 12.8 Å². The Morgan fingerprint density at radius 1 is 1.26 bits per heavy atom. The number of aryl methyl sites for hydroxylation is 1. The van der Waals surface area contributed by atoms with Crippen LogP contribution < -0.4 is 5.73 Å². The number of rotatable bonds is 5. The third-order valence-corrected chi connectivity index (χ3v) is 5.95. The van der Waals surface area contributed by atoms with Crippen LogP contribution >= 0.6 is 0 Å². The summed E-state index contributed by atoms with van der Waals surface area (Å²) in [5.41, 5.74) is 7.03. The van der Waals surface area contributed by atoms with Crippen LogP contribution in [-0.4, -0.2) is 25.3 Å². The van der Waals surface area contributed by atoms with Gasteiger partial charge < -0.3 is 5.73 Å². The highest BCUT2D eigenvalue weighted by Crippen LogP contribution is 2.38. The van der Waals surface area contributed by atoms with Crippen LogP contribution in [-0.2, 0) is 10.0 Å². The molecule has 104 valence electrons. The van der Waals surface area contributed by atoms with Crippen molar-refractivity contribution in [1.82, 2.24) is 4.31 Å². The zero-order valence-electron chi connectivity index (χ0n) is 11.2. The summed E-state index contributed by atoms with van der Waals surface area (Å²) in [4.78, 5) is 0.375. The van der Waals surface area contributed by atoms with Crippen LogP contribution in [0.2, 0.25) is 0 Å². The van der Waals surface area contributed by atoms with Gasteiger partial charge in [-0.3, -0.25) is 0 Å². The van der Waals surface area contributed by atoms with E-state index < -0.39 is 10.0 Å². The summed E-state index contributed by atoms with van der Waals surface area (Å²) in [5.74, 6) is 0.566.